The van der Waals surface area contributed by atoms with E-state index < -0.39 is 11.8 Å². The van der Waals surface area contributed by atoms with Crippen LogP contribution in [0, 0.1) is 0 Å². The average molecular weight is 369 g/mol. The standard InChI is InChI=1S/C19H19N3O3S/c23-16-6-5-13-10-14(9-12-3-1-7-22(16)17(12)13)21-19(25)18(24)20-11-15-4-2-8-26-15/h2,4,8-10H,1,3,5-7,11H2,(H,20,24)(H,21,25). The Morgan fingerprint density at radius 3 is 2.69 bits per heavy atom. The number of hydrogen-bond acceptors (Lipinski definition) is 4. The molecule has 0 radical (unpaired) electrons. The molecule has 26 heavy (non-hydrogen) atoms. The Bertz CT molecular complexity index is 859. The van der Waals surface area contributed by atoms with Gasteiger partial charge >= 0.3 is 11.8 Å². The van der Waals surface area contributed by atoms with Crippen LogP contribution in [0.1, 0.15) is 28.8 Å². The predicted octanol–water partition coefficient (Wildman–Crippen LogP) is 2.23. The van der Waals surface area contributed by atoms with Crippen LogP contribution >= 0.6 is 11.3 Å². The van der Waals surface area contributed by atoms with E-state index >= 15 is 0 Å². The van der Waals surface area contributed by atoms with Crippen LogP contribution in [0.15, 0.2) is 29.6 Å². The second kappa shape index (κ2) is 6.92. The van der Waals surface area contributed by atoms with Gasteiger partial charge in [0.1, 0.15) is 0 Å². The van der Waals surface area contributed by atoms with Crippen LogP contribution in [-0.4, -0.2) is 24.3 Å². The van der Waals surface area contributed by atoms with Gasteiger partial charge in [0.2, 0.25) is 5.91 Å². The number of carbonyl (C=O) groups excluding carboxylic acids is 3. The Hall–Kier alpha value is -2.67. The fraction of sp³-hybridized carbons (Fsp3) is 0.316. The van der Waals surface area contributed by atoms with Crippen LogP contribution in [0.4, 0.5) is 11.4 Å². The molecule has 2 N–H and O–H groups in total. The minimum Gasteiger partial charge on any atom is -0.343 e. The second-order valence-corrected chi connectivity index (χ2v) is 7.54. The lowest BCUT2D eigenvalue weighted by Gasteiger charge is -2.35. The summed E-state index contributed by atoms with van der Waals surface area (Å²) in [6, 6.07) is 7.57. The van der Waals surface area contributed by atoms with Gasteiger partial charge in [0.05, 0.1) is 12.2 Å². The Morgan fingerprint density at radius 1 is 1.12 bits per heavy atom. The number of amides is 3. The third kappa shape index (κ3) is 3.22. The molecule has 1 aromatic heterocycles. The van der Waals surface area contributed by atoms with Crippen molar-refractivity contribution in [2.75, 3.05) is 16.8 Å². The largest absolute Gasteiger partial charge is 0.343 e. The van der Waals surface area contributed by atoms with Gasteiger partial charge in [0.25, 0.3) is 0 Å². The van der Waals surface area contributed by atoms with Crippen molar-refractivity contribution in [1.82, 2.24) is 5.32 Å². The Balaban J connectivity index is 1.47. The SMILES string of the molecule is O=C(NCc1cccs1)C(=O)Nc1cc2c3c(c1)CCC(=O)N3CCC2. The molecule has 4 rings (SSSR count). The van der Waals surface area contributed by atoms with E-state index in [9.17, 15) is 14.4 Å². The maximum atomic E-state index is 12.2. The maximum absolute atomic E-state index is 12.2. The lowest BCUT2D eigenvalue weighted by atomic mass is 9.91. The summed E-state index contributed by atoms with van der Waals surface area (Å²) >= 11 is 1.53. The molecule has 134 valence electrons. The smallest absolute Gasteiger partial charge is 0.313 e. The number of nitrogens with one attached hydrogen (secondary N) is 2. The molecule has 0 saturated carbocycles. The minimum absolute atomic E-state index is 0.170. The number of carbonyl (C=O) groups is 3. The lowest BCUT2D eigenvalue weighted by Crippen LogP contribution is -2.39. The first-order valence-electron chi connectivity index (χ1n) is 8.69. The molecule has 3 amide bonds. The van der Waals surface area contributed by atoms with Crippen molar-refractivity contribution in [3.8, 4) is 0 Å². The van der Waals surface area contributed by atoms with Crippen LogP contribution < -0.4 is 15.5 Å². The van der Waals surface area contributed by atoms with Crippen molar-refractivity contribution < 1.29 is 14.4 Å². The second-order valence-electron chi connectivity index (χ2n) is 6.51. The van der Waals surface area contributed by atoms with Gasteiger partial charge < -0.3 is 15.5 Å². The van der Waals surface area contributed by atoms with Gasteiger partial charge in [-0.15, -0.1) is 11.3 Å². The molecule has 7 heteroatoms. The molecule has 0 atom stereocenters. The van der Waals surface area contributed by atoms with Crippen LogP contribution in [0.5, 0.6) is 0 Å². The summed E-state index contributed by atoms with van der Waals surface area (Å²) < 4.78 is 0. The third-order valence-electron chi connectivity index (χ3n) is 4.74. The molecule has 3 heterocycles. The molecular formula is C19H19N3O3S. The lowest BCUT2D eigenvalue weighted by molar-refractivity contribution is -0.136. The topological polar surface area (TPSA) is 78.5 Å². The van der Waals surface area contributed by atoms with Crippen molar-refractivity contribution in [2.24, 2.45) is 0 Å². The van der Waals surface area contributed by atoms with Gasteiger partial charge in [-0.2, -0.15) is 0 Å². The van der Waals surface area contributed by atoms with E-state index in [1.165, 1.54) is 11.3 Å². The Labute approximate surface area is 155 Å². The number of hydrogen-bond donors (Lipinski definition) is 2. The fourth-order valence-corrected chi connectivity index (χ4v) is 4.22. The van der Waals surface area contributed by atoms with Gasteiger partial charge in [-0.3, -0.25) is 14.4 Å². The molecule has 0 aliphatic carbocycles. The van der Waals surface area contributed by atoms with Crippen molar-refractivity contribution in [3.05, 3.63) is 45.6 Å². The summed E-state index contributed by atoms with van der Waals surface area (Å²) in [6.07, 6.45) is 2.95. The fourth-order valence-electron chi connectivity index (χ4n) is 3.57. The summed E-state index contributed by atoms with van der Waals surface area (Å²) in [5, 5.41) is 7.25. The molecule has 0 spiro atoms. The van der Waals surface area contributed by atoms with Crippen LogP contribution in [0.3, 0.4) is 0 Å². The average Bonchev–Trinajstić information content (AvgIpc) is 3.16. The third-order valence-corrected chi connectivity index (χ3v) is 5.62. The highest BCUT2D eigenvalue weighted by Crippen LogP contribution is 2.37. The Kier molecular flexibility index (Phi) is 4.46. The number of nitrogens with zero attached hydrogens (tertiary/aromatic N) is 1. The molecule has 6 nitrogen and oxygen atoms in total. The van der Waals surface area contributed by atoms with Crippen molar-refractivity contribution >= 4 is 40.4 Å². The predicted molar refractivity (Wildman–Crippen MR) is 100 cm³/mol. The first-order chi connectivity index (χ1) is 12.6. The molecule has 0 bridgehead atoms. The number of thiophene rings is 1. The normalized spacial score (nSPS) is 15.4. The van der Waals surface area contributed by atoms with Crippen molar-refractivity contribution in [3.63, 3.8) is 0 Å². The van der Waals surface area contributed by atoms with Crippen molar-refractivity contribution in [2.45, 2.75) is 32.2 Å². The number of aryl methyl sites for hydroxylation is 2. The first kappa shape index (κ1) is 16.8. The molecule has 1 aromatic carbocycles. The van der Waals surface area contributed by atoms with Crippen molar-refractivity contribution in [1.29, 1.82) is 0 Å². The highest BCUT2D eigenvalue weighted by atomic mass is 32.1. The van der Waals surface area contributed by atoms with Gasteiger partial charge in [-0.05, 0) is 54.0 Å². The van der Waals surface area contributed by atoms with Crippen LogP contribution in [0.2, 0.25) is 0 Å². The number of anilines is 2. The van der Waals surface area contributed by atoms with E-state index in [-0.39, 0.29) is 5.91 Å². The zero-order valence-electron chi connectivity index (χ0n) is 14.2. The monoisotopic (exact) mass is 369 g/mol. The van der Waals surface area contributed by atoms with E-state index in [2.05, 4.69) is 10.6 Å². The van der Waals surface area contributed by atoms with Crippen LogP contribution in [0.25, 0.3) is 0 Å². The summed E-state index contributed by atoms with van der Waals surface area (Å²) in [5.41, 5.74) is 3.76. The molecule has 2 aliphatic rings. The highest BCUT2D eigenvalue weighted by Gasteiger charge is 2.30. The highest BCUT2D eigenvalue weighted by molar-refractivity contribution is 7.09. The number of benzene rings is 1. The molecule has 0 saturated heterocycles. The molecule has 2 aromatic rings. The van der Waals surface area contributed by atoms with E-state index in [0.29, 0.717) is 25.1 Å². The molecule has 2 aliphatic heterocycles. The number of rotatable bonds is 3. The zero-order valence-corrected chi connectivity index (χ0v) is 15.0. The van der Waals surface area contributed by atoms with Gasteiger partial charge in [0, 0.05) is 23.5 Å². The van der Waals surface area contributed by atoms with Gasteiger partial charge in [0.15, 0.2) is 0 Å². The Morgan fingerprint density at radius 2 is 1.92 bits per heavy atom. The molecular weight excluding hydrogens is 350 g/mol. The minimum atomic E-state index is -0.673. The first-order valence-corrected chi connectivity index (χ1v) is 9.57. The summed E-state index contributed by atoms with van der Waals surface area (Å²) in [5.74, 6) is -1.15. The van der Waals surface area contributed by atoms with E-state index in [0.717, 1.165) is 41.1 Å². The summed E-state index contributed by atoms with van der Waals surface area (Å²) in [6.45, 7) is 1.10. The quantitative estimate of drug-likeness (QED) is 0.815. The van der Waals surface area contributed by atoms with E-state index in [4.69, 9.17) is 0 Å². The van der Waals surface area contributed by atoms with E-state index in [1.807, 2.05) is 34.5 Å². The zero-order chi connectivity index (χ0) is 18.1. The maximum Gasteiger partial charge on any atom is 0.313 e. The van der Waals surface area contributed by atoms with Crippen LogP contribution in [-0.2, 0) is 33.8 Å². The molecule has 0 fully saturated rings. The summed E-state index contributed by atoms with van der Waals surface area (Å²) in [4.78, 5) is 39.2. The molecule has 0 unspecified atom stereocenters. The summed E-state index contributed by atoms with van der Waals surface area (Å²) in [7, 11) is 0. The van der Waals surface area contributed by atoms with E-state index in [1.54, 1.807) is 0 Å². The van der Waals surface area contributed by atoms with Gasteiger partial charge in [-0.25, -0.2) is 0 Å². The van der Waals surface area contributed by atoms with Gasteiger partial charge in [-0.1, -0.05) is 6.07 Å².